The summed E-state index contributed by atoms with van der Waals surface area (Å²) in [6.45, 7) is 2.03. The van der Waals surface area contributed by atoms with Crippen LogP contribution in [0.25, 0.3) is 9.75 Å². The van der Waals surface area contributed by atoms with E-state index in [0.717, 1.165) is 29.7 Å². The third-order valence-electron chi connectivity index (χ3n) is 3.82. The molecule has 106 valence electrons. The SMILES string of the molecule is CCc1c(-c2cc3c(s2)CCCC3)sc(C(=O)O)c1N. The van der Waals surface area contributed by atoms with E-state index in [9.17, 15) is 9.90 Å². The number of rotatable bonds is 3. The Morgan fingerprint density at radius 2 is 2.10 bits per heavy atom. The van der Waals surface area contributed by atoms with Crippen molar-refractivity contribution in [3.05, 3.63) is 26.9 Å². The number of hydrogen-bond donors (Lipinski definition) is 2. The van der Waals surface area contributed by atoms with E-state index in [1.54, 1.807) is 0 Å². The van der Waals surface area contributed by atoms with Crippen LogP contribution in [0.2, 0.25) is 0 Å². The monoisotopic (exact) mass is 307 g/mol. The molecular formula is C15H17NO2S2. The Bertz CT molecular complexity index is 646. The molecule has 2 heterocycles. The highest BCUT2D eigenvalue weighted by molar-refractivity contribution is 7.23. The maximum absolute atomic E-state index is 11.3. The maximum atomic E-state index is 11.3. The van der Waals surface area contributed by atoms with E-state index in [4.69, 9.17) is 5.73 Å². The van der Waals surface area contributed by atoms with Gasteiger partial charge in [0.25, 0.3) is 0 Å². The van der Waals surface area contributed by atoms with Crippen LogP contribution in [-0.2, 0) is 19.3 Å². The van der Waals surface area contributed by atoms with Crippen LogP contribution in [0.15, 0.2) is 6.07 Å². The average Bonchev–Trinajstić information content (AvgIpc) is 2.98. The molecule has 0 aromatic carbocycles. The van der Waals surface area contributed by atoms with Crippen LogP contribution in [0, 0.1) is 0 Å². The molecule has 3 nitrogen and oxygen atoms in total. The van der Waals surface area contributed by atoms with Crippen molar-refractivity contribution >= 4 is 34.3 Å². The van der Waals surface area contributed by atoms with Crippen LogP contribution in [0.5, 0.6) is 0 Å². The molecule has 2 aromatic rings. The summed E-state index contributed by atoms with van der Waals surface area (Å²) in [6, 6.07) is 2.25. The number of fused-ring (bicyclic) bond motifs is 1. The van der Waals surface area contributed by atoms with Crippen molar-refractivity contribution in [3.63, 3.8) is 0 Å². The third kappa shape index (κ3) is 2.15. The highest BCUT2D eigenvalue weighted by Crippen LogP contribution is 2.44. The first-order chi connectivity index (χ1) is 9.61. The van der Waals surface area contributed by atoms with Gasteiger partial charge in [-0.15, -0.1) is 22.7 Å². The van der Waals surface area contributed by atoms with Crippen LogP contribution in [0.1, 0.15) is 45.4 Å². The molecule has 0 unspecified atom stereocenters. The molecule has 20 heavy (non-hydrogen) atoms. The molecule has 0 atom stereocenters. The smallest absolute Gasteiger partial charge is 0.348 e. The number of thiophene rings is 2. The average molecular weight is 307 g/mol. The van der Waals surface area contributed by atoms with Crippen molar-refractivity contribution in [1.29, 1.82) is 0 Å². The van der Waals surface area contributed by atoms with E-state index in [0.29, 0.717) is 5.69 Å². The van der Waals surface area contributed by atoms with Crippen LogP contribution in [0.3, 0.4) is 0 Å². The van der Waals surface area contributed by atoms with Gasteiger partial charge in [0.1, 0.15) is 4.88 Å². The lowest BCUT2D eigenvalue weighted by Gasteiger charge is -2.08. The quantitative estimate of drug-likeness (QED) is 0.893. The minimum absolute atomic E-state index is 0.281. The van der Waals surface area contributed by atoms with E-state index >= 15 is 0 Å². The largest absolute Gasteiger partial charge is 0.477 e. The summed E-state index contributed by atoms with van der Waals surface area (Å²) in [6.07, 6.45) is 5.61. The number of carboxylic acids is 1. The Kier molecular flexibility index (Phi) is 3.56. The number of carboxylic acid groups (broad SMARTS) is 1. The van der Waals surface area contributed by atoms with E-state index in [2.05, 4.69) is 6.07 Å². The molecule has 0 saturated carbocycles. The first-order valence-corrected chi connectivity index (χ1v) is 8.51. The van der Waals surface area contributed by atoms with Crippen LogP contribution >= 0.6 is 22.7 Å². The van der Waals surface area contributed by atoms with Crippen molar-refractivity contribution in [1.82, 2.24) is 0 Å². The van der Waals surface area contributed by atoms with Gasteiger partial charge in [0.05, 0.1) is 10.6 Å². The predicted octanol–water partition coefficient (Wildman–Crippen LogP) is 4.20. The third-order valence-corrected chi connectivity index (χ3v) is 6.47. The Hall–Kier alpha value is -1.33. The van der Waals surface area contributed by atoms with E-state index in [1.165, 1.54) is 39.5 Å². The van der Waals surface area contributed by atoms with Gasteiger partial charge in [-0.25, -0.2) is 4.79 Å². The van der Waals surface area contributed by atoms with Crippen LogP contribution in [-0.4, -0.2) is 11.1 Å². The van der Waals surface area contributed by atoms with Crippen LogP contribution in [0.4, 0.5) is 5.69 Å². The number of hydrogen-bond acceptors (Lipinski definition) is 4. The Balaban J connectivity index is 2.11. The fourth-order valence-electron chi connectivity index (χ4n) is 2.79. The van der Waals surface area contributed by atoms with Crippen LogP contribution < -0.4 is 5.73 Å². The van der Waals surface area contributed by atoms with E-state index in [-0.39, 0.29) is 4.88 Å². The summed E-state index contributed by atoms with van der Waals surface area (Å²) in [5.74, 6) is -0.922. The van der Waals surface area contributed by atoms with Gasteiger partial charge in [-0.1, -0.05) is 6.92 Å². The Morgan fingerprint density at radius 1 is 1.35 bits per heavy atom. The lowest BCUT2D eigenvalue weighted by molar-refractivity contribution is 0.0703. The molecule has 0 amide bonds. The summed E-state index contributed by atoms with van der Waals surface area (Å²) in [4.78, 5) is 15.3. The molecule has 0 aliphatic heterocycles. The standard InChI is InChI=1S/C15H17NO2S2/c1-2-9-12(16)14(15(17)18)20-13(9)11-7-8-5-3-4-6-10(8)19-11/h7H,2-6,16H2,1H3,(H,17,18). The van der Waals surface area contributed by atoms with E-state index < -0.39 is 5.97 Å². The molecule has 3 N–H and O–H groups in total. The fourth-order valence-corrected chi connectivity index (χ4v) is 5.32. The molecular weight excluding hydrogens is 290 g/mol. The second kappa shape index (κ2) is 5.22. The van der Waals surface area contributed by atoms with Gasteiger partial charge in [0.15, 0.2) is 0 Å². The first-order valence-electron chi connectivity index (χ1n) is 6.88. The molecule has 0 spiro atoms. The molecule has 0 fully saturated rings. The number of aromatic carboxylic acids is 1. The van der Waals surface area contributed by atoms with Gasteiger partial charge in [-0.05, 0) is 49.3 Å². The highest BCUT2D eigenvalue weighted by atomic mass is 32.1. The lowest BCUT2D eigenvalue weighted by Crippen LogP contribution is -1.99. The molecule has 3 rings (SSSR count). The molecule has 0 radical (unpaired) electrons. The topological polar surface area (TPSA) is 63.3 Å². The van der Waals surface area contributed by atoms with Gasteiger partial charge in [-0.3, -0.25) is 0 Å². The zero-order valence-electron chi connectivity index (χ0n) is 11.4. The lowest BCUT2D eigenvalue weighted by atomic mass is 9.99. The van der Waals surface area contributed by atoms with Crippen molar-refractivity contribution < 1.29 is 9.90 Å². The summed E-state index contributed by atoms with van der Waals surface area (Å²) in [5.41, 5.74) is 8.90. The predicted molar refractivity (Wildman–Crippen MR) is 85.0 cm³/mol. The number of carbonyl (C=O) groups is 1. The van der Waals surface area contributed by atoms with Gasteiger partial charge >= 0.3 is 5.97 Å². The summed E-state index contributed by atoms with van der Waals surface area (Å²) < 4.78 is 0. The van der Waals surface area contributed by atoms with Gasteiger partial charge in [0, 0.05) is 9.75 Å². The fraction of sp³-hybridized carbons (Fsp3) is 0.400. The normalized spacial score (nSPS) is 14.2. The van der Waals surface area contributed by atoms with Crippen molar-refractivity contribution in [2.45, 2.75) is 39.0 Å². The van der Waals surface area contributed by atoms with Crippen molar-refractivity contribution in [2.75, 3.05) is 5.73 Å². The zero-order chi connectivity index (χ0) is 14.3. The molecule has 0 saturated heterocycles. The van der Waals surface area contributed by atoms with Gasteiger partial charge in [0.2, 0.25) is 0 Å². The molecule has 5 heteroatoms. The maximum Gasteiger partial charge on any atom is 0.348 e. The second-order valence-electron chi connectivity index (χ2n) is 5.08. The van der Waals surface area contributed by atoms with Crippen molar-refractivity contribution in [2.24, 2.45) is 0 Å². The Morgan fingerprint density at radius 3 is 2.75 bits per heavy atom. The van der Waals surface area contributed by atoms with Crippen molar-refractivity contribution in [3.8, 4) is 9.75 Å². The minimum Gasteiger partial charge on any atom is -0.477 e. The summed E-state index contributed by atoms with van der Waals surface area (Å²) in [7, 11) is 0. The summed E-state index contributed by atoms with van der Waals surface area (Å²) in [5, 5.41) is 9.24. The highest BCUT2D eigenvalue weighted by Gasteiger charge is 2.23. The number of nitrogen functional groups attached to an aromatic ring is 1. The summed E-state index contributed by atoms with van der Waals surface area (Å²) >= 11 is 3.13. The molecule has 1 aliphatic rings. The molecule has 1 aliphatic carbocycles. The second-order valence-corrected chi connectivity index (χ2v) is 7.23. The van der Waals surface area contributed by atoms with E-state index in [1.807, 2.05) is 18.3 Å². The Labute approximate surface area is 126 Å². The van der Waals surface area contributed by atoms with Gasteiger partial charge in [-0.2, -0.15) is 0 Å². The van der Waals surface area contributed by atoms with Gasteiger partial charge < -0.3 is 10.8 Å². The zero-order valence-corrected chi connectivity index (χ0v) is 13.0. The minimum atomic E-state index is -0.922. The number of anilines is 1. The first kappa shape index (κ1) is 13.6. The number of nitrogens with two attached hydrogens (primary N) is 1. The molecule has 0 bridgehead atoms. The number of aryl methyl sites for hydroxylation is 2. The molecule has 2 aromatic heterocycles.